The topological polar surface area (TPSA) is 60.5 Å². The van der Waals surface area contributed by atoms with Gasteiger partial charge in [0.25, 0.3) is 0 Å². The quantitative estimate of drug-likeness (QED) is 0.851. The SMILES string of the molecule is CCN(Cc1ccoc1)[C@H]1CCN(c2sccc2C#N)C1=O. The predicted molar refractivity (Wildman–Crippen MR) is 84.6 cm³/mol. The van der Waals surface area contributed by atoms with Crippen molar-refractivity contribution in [1.82, 2.24) is 4.90 Å². The van der Waals surface area contributed by atoms with E-state index in [4.69, 9.17) is 9.68 Å². The highest BCUT2D eigenvalue weighted by atomic mass is 32.1. The number of hydrogen-bond donors (Lipinski definition) is 0. The van der Waals surface area contributed by atoms with E-state index < -0.39 is 0 Å². The zero-order valence-electron chi connectivity index (χ0n) is 12.4. The number of carbonyl (C=O) groups is 1. The van der Waals surface area contributed by atoms with Crippen LogP contribution in [0.1, 0.15) is 24.5 Å². The molecule has 1 aliphatic rings. The summed E-state index contributed by atoms with van der Waals surface area (Å²) in [5.74, 6) is 0.0873. The smallest absolute Gasteiger partial charge is 0.245 e. The Morgan fingerprint density at radius 3 is 3.09 bits per heavy atom. The number of amides is 1. The van der Waals surface area contributed by atoms with Gasteiger partial charge in [0.05, 0.1) is 24.1 Å². The summed E-state index contributed by atoms with van der Waals surface area (Å²) < 4.78 is 5.10. The first-order valence-electron chi connectivity index (χ1n) is 7.28. The van der Waals surface area contributed by atoms with E-state index in [9.17, 15) is 4.79 Å². The van der Waals surface area contributed by atoms with Gasteiger partial charge in [-0.25, -0.2) is 0 Å². The van der Waals surface area contributed by atoms with Crippen LogP contribution in [0.3, 0.4) is 0 Å². The van der Waals surface area contributed by atoms with E-state index in [1.54, 1.807) is 23.5 Å². The molecule has 114 valence electrons. The summed E-state index contributed by atoms with van der Waals surface area (Å²) in [6.45, 7) is 4.22. The predicted octanol–water partition coefficient (Wildman–Crippen LogP) is 2.84. The van der Waals surface area contributed by atoms with Gasteiger partial charge in [-0.1, -0.05) is 6.92 Å². The van der Waals surface area contributed by atoms with Gasteiger partial charge in [0.15, 0.2) is 0 Å². The molecule has 2 aromatic heterocycles. The van der Waals surface area contributed by atoms with Crippen LogP contribution in [0.5, 0.6) is 0 Å². The van der Waals surface area contributed by atoms with Crippen molar-refractivity contribution in [3.05, 3.63) is 41.2 Å². The number of carbonyl (C=O) groups excluding carboxylic acids is 1. The van der Waals surface area contributed by atoms with Gasteiger partial charge >= 0.3 is 0 Å². The number of thiophene rings is 1. The first kappa shape index (κ1) is 14.8. The van der Waals surface area contributed by atoms with Gasteiger partial charge in [-0.15, -0.1) is 11.3 Å². The minimum absolute atomic E-state index is 0.0873. The maximum Gasteiger partial charge on any atom is 0.245 e. The van der Waals surface area contributed by atoms with Crippen LogP contribution in [0.25, 0.3) is 0 Å². The molecule has 6 heteroatoms. The lowest BCUT2D eigenvalue weighted by Crippen LogP contribution is -2.41. The highest BCUT2D eigenvalue weighted by Crippen LogP contribution is 2.32. The number of rotatable bonds is 5. The molecular formula is C16H17N3O2S. The van der Waals surface area contributed by atoms with Crippen LogP contribution in [0, 0.1) is 11.3 Å². The van der Waals surface area contributed by atoms with E-state index in [1.807, 2.05) is 11.4 Å². The van der Waals surface area contributed by atoms with Crippen LogP contribution >= 0.6 is 11.3 Å². The van der Waals surface area contributed by atoms with Gasteiger partial charge in [0.2, 0.25) is 5.91 Å². The second-order valence-corrected chi connectivity index (χ2v) is 6.13. The molecular weight excluding hydrogens is 298 g/mol. The fourth-order valence-electron chi connectivity index (χ4n) is 2.86. The van der Waals surface area contributed by atoms with E-state index in [1.165, 1.54) is 11.3 Å². The van der Waals surface area contributed by atoms with E-state index >= 15 is 0 Å². The van der Waals surface area contributed by atoms with Crippen molar-refractivity contribution in [3.63, 3.8) is 0 Å². The maximum absolute atomic E-state index is 12.8. The van der Waals surface area contributed by atoms with Crippen molar-refractivity contribution in [2.24, 2.45) is 0 Å². The third-order valence-corrected chi connectivity index (χ3v) is 4.94. The Morgan fingerprint density at radius 1 is 1.55 bits per heavy atom. The van der Waals surface area contributed by atoms with Crippen molar-refractivity contribution < 1.29 is 9.21 Å². The molecule has 0 radical (unpaired) electrons. The largest absolute Gasteiger partial charge is 0.472 e. The molecule has 3 rings (SSSR count). The van der Waals surface area contributed by atoms with E-state index in [2.05, 4.69) is 17.9 Å². The molecule has 1 fully saturated rings. The molecule has 1 aliphatic heterocycles. The van der Waals surface area contributed by atoms with Gasteiger partial charge in [-0.2, -0.15) is 5.26 Å². The van der Waals surface area contributed by atoms with Gasteiger partial charge in [0.1, 0.15) is 11.1 Å². The lowest BCUT2D eigenvalue weighted by molar-refractivity contribution is -0.121. The van der Waals surface area contributed by atoms with Crippen molar-refractivity contribution in [1.29, 1.82) is 5.26 Å². The summed E-state index contributed by atoms with van der Waals surface area (Å²) in [5, 5.41) is 11.8. The Hall–Kier alpha value is -2.10. The molecule has 5 nitrogen and oxygen atoms in total. The molecule has 22 heavy (non-hydrogen) atoms. The number of likely N-dealkylation sites (N-methyl/N-ethyl adjacent to an activating group) is 1. The second-order valence-electron chi connectivity index (χ2n) is 5.24. The summed E-state index contributed by atoms with van der Waals surface area (Å²) in [7, 11) is 0. The summed E-state index contributed by atoms with van der Waals surface area (Å²) in [6, 6.07) is 5.72. The van der Waals surface area contributed by atoms with Gasteiger partial charge in [0, 0.05) is 18.7 Å². The van der Waals surface area contributed by atoms with Crippen LogP contribution in [-0.2, 0) is 11.3 Å². The molecule has 3 heterocycles. The van der Waals surface area contributed by atoms with Gasteiger partial charge in [-0.3, -0.25) is 9.69 Å². The van der Waals surface area contributed by atoms with E-state index in [0.29, 0.717) is 18.7 Å². The van der Waals surface area contributed by atoms with Crippen LogP contribution in [0.2, 0.25) is 0 Å². The normalized spacial score (nSPS) is 18.1. The summed E-state index contributed by atoms with van der Waals surface area (Å²) in [5.41, 5.74) is 1.65. The Kier molecular flexibility index (Phi) is 4.27. The number of hydrogen-bond acceptors (Lipinski definition) is 5. The van der Waals surface area contributed by atoms with Gasteiger partial charge in [-0.05, 0) is 30.5 Å². The second kappa shape index (κ2) is 6.34. The van der Waals surface area contributed by atoms with Crippen molar-refractivity contribution in [2.45, 2.75) is 25.9 Å². The third kappa shape index (κ3) is 2.65. The number of anilines is 1. The van der Waals surface area contributed by atoms with E-state index in [-0.39, 0.29) is 11.9 Å². The van der Waals surface area contributed by atoms with Crippen LogP contribution in [-0.4, -0.2) is 29.9 Å². The monoisotopic (exact) mass is 315 g/mol. The summed E-state index contributed by atoms with van der Waals surface area (Å²) in [4.78, 5) is 16.7. The Balaban J connectivity index is 1.76. The van der Waals surface area contributed by atoms with Crippen molar-refractivity contribution >= 4 is 22.2 Å². The van der Waals surface area contributed by atoms with E-state index in [0.717, 1.165) is 23.5 Å². The zero-order valence-corrected chi connectivity index (χ0v) is 13.2. The summed E-state index contributed by atoms with van der Waals surface area (Å²) >= 11 is 1.45. The highest BCUT2D eigenvalue weighted by Gasteiger charge is 2.37. The van der Waals surface area contributed by atoms with Crippen molar-refractivity contribution in [3.8, 4) is 6.07 Å². The lowest BCUT2D eigenvalue weighted by Gasteiger charge is -2.25. The number of furan rings is 1. The minimum Gasteiger partial charge on any atom is -0.472 e. The molecule has 0 aromatic carbocycles. The molecule has 1 atom stereocenters. The molecule has 1 saturated heterocycles. The minimum atomic E-state index is -0.131. The van der Waals surface area contributed by atoms with Crippen LogP contribution in [0.4, 0.5) is 5.00 Å². The van der Waals surface area contributed by atoms with Crippen LogP contribution < -0.4 is 4.90 Å². The maximum atomic E-state index is 12.8. The first-order chi connectivity index (χ1) is 10.7. The average molecular weight is 315 g/mol. The third-order valence-electron chi connectivity index (χ3n) is 4.00. The number of nitriles is 1. The van der Waals surface area contributed by atoms with Gasteiger partial charge < -0.3 is 9.32 Å². The lowest BCUT2D eigenvalue weighted by atomic mass is 10.2. The molecule has 2 aromatic rings. The molecule has 0 unspecified atom stereocenters. The highest BCUT2D eigenvalue weighted by molar-refractivity contribution is 7.14. The first-order valence-corrected chi connectivity index (χ1v) is 8.16. The fourth-order valence-corrected chi connectivity index (χ4v) is 3.74. The molecule has 0 N–H and O–H groups in total. The molecule has 0 saturated carbocycles. The Labute approximate surface area is 133 Å². The average Bonchev–Trinajstić information content (AvgIpc) is 3.25. The molecule has 0 spiro atoms. The summed E-state index contributed by atoms with van der Waals surface area (Å²) in [6.07, 6.45) is 4.15. The standard InChI is InChI=1S/C16H17N3O2S/c1-2-18(10-12-4-7-21-11-12)14-3-6-19(15(14)20)16-13(9-17)5-8-22-16/h4-5,7-8,11,14H,2-3,6,10H2,1H3/t14-/m0/s1. The number of nitrogens with zero attached hydrogens (tertiary/aromatic N) is 3. The zero-order chi connectivity index (χ0) is 15.5. The Morgan fingerprint density at radius 2 is 2.41 bits per heavy atom. The fraction of sp³-hybridized carbons (Fsp3) is 0.375. The Bertz CT molecular complexity index is 687. The van der Waals surface area contributed by atoms with Crippen LogP contribution in [0.15, 0.2) is 34.5 Å². The molecule has 0 bridgehead atoms. The molecule has 1 amide bonds. The van der Waals surface area contributed by atoms with Crippen molar-refractivity contribution in [2.75, 3.05) is 18.0 Å². The molecule has 0 aliphatic carbocycles.